The minimum Gasteiger partial charge on any atom is -0.149 e. The normalized spacial score (nSPS) is 19.8. The Bertz CT molecular complexity index is 244. The molecule has 13 heavy (non-hydrogen) atoms. The van der Waals surface area contributed by atoms with Crippen LogP contribution in [-0.2, 0) is 6.42 Å². The first-order chi connectivity index (χ1) is 6.35. The molecule has 1 aromatic rings. The molecular formula is C11H15BrS. The molecule has 1 heterocycles. The monoisotopic (exact) mass is 258 g/mol. The molecule has 0 aliphatic heterocycles. The quantitative estimate of drug-likeness (QED) is 0.709. The Kier molecular flexibility index (Phi) is 3.10. The zero-order valence-corrected chi connectivity index (χ0v) is 10.2. The number of alkyl halides is 1. The van der Waals surface area contributed by atoms with E-state index in [9.17, 15) is 0 Å². The third kappa shape index (κ3) is 2.16. The van der Waals surface area contributed by atoms with Crippen molar-refractivity contribution in [1.29, 1.82) is 0 Å². The number of hydrogen-bond acceptors (Lipinski definition) is 1. The lowest BCUT2D eigenvalue weighted by molar-refractivity contribution is 0.156. The lowest BCUT2D eigenvalue weighted by Crippen LogP contribution is -2.31. The first-order valence-corrected chi connectivity index (χ1v) is 6.93. The zero-order valence-electron chi connectivity index (χ0n) is 7.76. The van der Waals surface area contributed by atoms with E-state index in [1.54, 1.807) is 4.88 Å². The van der Waals surface area contributed by atoms with Crippen LogP contribution in [0.5, 0.6) is 0 Å². The van der Waals surface area contributed by atoms with Crippen LogP contribution in [-0.4, -0.2) is 5.33 Å². The van der Waals surface area contributed by atoms with Gasteiger partial charge in [0.25, 0.3) is 0 Å². The maximum Gasteiger partial charge on any atom is 0.00880 e. The van der Waals surface area contributed by atoms with Crippen LogP contribution in [0.25, 0.3) is 0 Å². The molecule has 0 bridgehead atoms. The highest BCUT2D eigenvalue weighted by Crippen LogP contribution is 2.46. The van der Waals surface area contributed by atoms with E-state index in [1.165, 1.54) is 37.4 Å². The SMILES string of the molecule is BrCC1(CCc2cccs2)CCC1. The summed E-state index contributed by atoms with van der Waals surface area (Å²) in [5.74, 6) is 0. The van der Waals surface area contributed by atoms with Gasteiger partial charge < -0.3 is 0 Å². The van der Waals surface area contributed by atoms with Crippen LogP contribution in [0, 0.1) is 5.41 Å². The molecule has 2 rings (SSSR count). The molecule has 0 saturated heterocycles. The third-order valence-electron chi connectivity index (χ3n) is 3.18. The fraction of sp³-hybridized carbons (Fsp3) is 0.636. The van der Waals surface area contributed by atoms with Gasteiger partial charge in [0.15, 0.2) is 0 Å². The van der Waals surface area contributed by atoms with E-state index in [-0.39, 0.29) is 0 Å². The Morgan fingerprint density at radius 3 is 2.77 bits per heavy atom. The van der Waals surface area contributed by atoms with Crippen molar-refractivity contribution in [2.75, 3.05) is 5.33 Å². The molecule has 1 aliphatic carbocycles. The van der Waals surface area contributed by atoms with Gasteiger partial charge in [0.1, 0.15) is 0 Å². The molecule has 0 N–H and O–H groups in total. The maximum atomic E-state index is 3.65. The van der Waals surface area contributed by atoms with Crippen LogP contribution in [0.4, 0.5) is 0 Å². The zero-order chi connectivity index (χ0) is 9.15. The van der Waals surface area contributed by atoms with Gasteiger partial charge in [0.2, 0.25) is 0 Å². The summed E-state index contributed by atoms with van der Waals surface area (Å²) in [7, 11) is 0. The number of aryl methyl sites for hydroxylation is 1. The van der Waals surface area contributed by atoms with E-state index in [4.69, 9.17) is 0 Å². The van der Waals surface area contributed by atoms with Crippen LogP contribution >= 0.6 is 27.3 Å². The van der Waals surface area contributed by atoms with Crippen molar-refractivity contribution in [3.8, 4) is 0 Å². The van der Waals surface area contributed by atoms with Crippen molar-refractivity contribution in [3.63, 3.8) is 0 Å². The van der Waals surface area contributed by atoms with Gasteiger partial charge in [0, 0.05) is 10.2 Å². The van der Waals surface area contributed by atoms with Gasteiger partial charge in [-0.3, -0.25) is 0 Å². The van der Waals surface area contributed by atoms with Crippen LogP contribution < -0.4 is 0 Å². The highest BCUT2D eigenvalue weighted by Gasteiger charge is 2.35. The van der Waals surface area contributed by atoms with E-state index in [0.717, 1.165) is 0 Å². The van der Waals surface area contributed by atoms with Crippen molar-refractivity contribution in [2.24, 2.45) is 5.41 Å². The molecule has 0 unspecified atom stereocenters. The number of thiophene rings is 1. The summed E-state index contributed by atoms with van der Waals surface area (Å²) in [6.07, 6.45) is 6.96. The summed E-state index contributed by atoms with van der Waals surface area (Å²) < 4.78 is 0. The van der Waals surface area contributed by atoms with E-state index >= 15 is 0 Å². The van der Waals surface area contributed by atoms with Crippen molar-refractivity contribution >= 4 is 27.3 Å². The lowest BCUT2D eigenvalue weighted by atomic mass is 9.67. The second kappa shape index (κ2) is 4.14. The van der Waals surface area contributed by atoms with E-state index in [1.807, 2.05) is 11.3 Å². The smallest absolute Gasteiger partial charge is 0.00880 e. The maximum absolute atomic E-state index is 3.65. The van der Waals surface area contributed by atoms with Crippen LogP contribution in [0.1, 0.15) is 30.6 Å². The molecule has 72 valence electrons. The van der Waals surface area contributed by atoms with E-state index in [0.29, 0.717) is 5.41 Å². The molecule has 0 aromatic carbocycles. The first kappa shape index (κ1) is 9.72. The number of rotatable bonds is 4. The molecular weight excluding hydrogens is 244 g/mol. The summed E-state index contributed by atoms with van der Waals surface area (Å²) in [6.45, 7) is 0. The Balaban J connectivity index is 1.84. The average molecular weight is 259 g/mol. The second-order valence-electron chi connectivity index (χ2n) is 4.07. The summed E-state index contributed by atoms with van der Waals surface area (Å²) in [5.41, 5.74) is 0.657. The highest BCUT2D eigenvalue weighted by molar-refractivity contribution is 9.09. The van der Waals surface area contributed by atoms with Gasteiger partial charge in [0.05, 0.1) is 0 Å². The average Bonchev–Trinajstić information content (AvgIpc) is 2.56. The standard InChI is InChI=1S/C11H15BrS/c12-9-11(5-2-6-11)7-4-10-3-1-8-13-10/h1,3,8H,2,4-7,9H2. The second-order valence-corrected chi connectivity index (χ2v) is 5.66. The van der Waals surface area contributed by atoms with Crippen molar-refractivity contribution in [3.05, 3.63) is 22.4 Å². The summed E-state index contributed by atoms with van der Waals surface area (Å²) in [5, 5.41) is 3.38. The molecule has 0 nitrogen and oxygen atoms in total. The highest BCUT2D eigenvalue weighted by atomic mass is 79.9. The Labute approximate surface area is 92.5 Å². The van der Waals surface area contributed by atoms with Gasteiger partial charge in [-0.15, -0.1) is 11.3 Å². The van der Waals surface area contributed by atoms with Gasteiger partial charge in [-0.2, -0.15) is 0 Å². The fourth-order valence-electron chi connectivity index (χ4n) is 1.97. The van der Waals surface area contributed by atoms with E-state index in [2.05, 4.69) is 33.4 Å². The Hall–Kier alpha value is 0.180. The summed E-state index contributed by atoms with van der Waals surface area (Å²) in [4.78, 5) is 1.55. The molecule has 0 atom stereocenters. The lowest BCUT2D eigenvalue weighted by Gasteiger charge is -2.40. The minimum absolute atomic E-state index is 0.657. The van der Waals surface area contributed by atoms with Crippen LogP contribution in [0.15, 0.2) is 17.5 Å². The first-order valence-electron chi connectivity index (χ1n) is 4.93. The van der Waals surface area contributed by atoms with Crippen molar-refractivity contribution in [1.82, 2.24) is 0 Å². The predicted molar refractivity (Wildman–Crippen MR) is 62.7 cm³/mol. The van der Waals surface area contributed by atoms with Crippen molar-refractivity contribution < 1.29 is 0 Å². The van der Waals surface area contributed by atoms with Gasteiger partial charge in [-0.05, 0) is 42.5 Å². The molecule has 1 fully saturated rings. The molecule has 1 saturated carbocycles. The molecule has 0 radical (unpaired) electrons. The van der Waals surface area contributed by atoms with E-state index < -0.39 is 0 Å². The fourth-order valence-corrected chi connectivity index (χ4v) is 3.52. The van der Waals surface area contributed by atoms with Crippen molar-refractivity contribution in [2.45, 2.75) is 32.1 Å². The third-order valence-corrected chi connectivity index (χ3v) is 5.31. The Morgan fingerprint density at radius 1 is 1.46 bits per heavy atom. The Morgan fingerprint density at radius 2 is 2.31 bits per heavy atom. The molecule has 2 heteroatoms. The van der Waals surface area contributed by atoms with Gasteiger partial charge in [-0.25, -0.2) is 0 Å². The largest absolute Gasteiger partial charge is 0.149 e. The summed E-state index contributed by atoms with van der Waals surface area (Å²) in [6, 6.07) is 4.41. The van der Waals surface area contributed by atoms with Gasteiger partial charge in [-0.1, -0.05) is 28.4 Å². The van der Waals surface area contributed by atoms with Crippen LogP contribution in [0.3, 0.4) is 0 Å². The topological polar surface area (TPSA) is 0 Å². The molecule has 0 spiro atoms. The predicted octanol–water partition coefficient (Wildman–Crippen LogP) is 4.25. The number of hydrogen-bond donors (Lipinski definition) is 0. The van der Waals surface area contributed by atoms with Gasteiger partial charge >= 0.3 is 0 Å². The van der Waals surface area contributed by atoms with Crippen LogP contribution in [0.2, 0.25) is 0 Å². The summed E-state index contributed by atoms with van der Waals surface area (Å²) >= 11 is 5.54. The molecule has 1 aromatic heterocycles. The minimum atomic E-state index is 0.657. The number of halogens is 1. The molecule has 0 amide bonds. The molecule has 1 aliphatic rings.